The molecule has 3 aromatic rings. The molecule has 5 heteroatoms. The number of nitrogens with zero attached hydrogens (tertiary/aromatic N) is 1. The van der Waals surface area contributed by atoms with E-state index < -0.39 is 0 Å². The van der Waals surface area contributed by atoms with Gasteiger partial charge in [-0.15, -0.1) is 0 Å². The lowest BCUT2D eigenvalue weighted by atomic mass is 10.3. The molecular formula is C14H14N3OS+. The Bertz CT molecular complexity index is 758. The van der Waals surface area contributed by atoms with Crippen LogP contribution in [0.15, 0.2) is 47.0 Å². The standard InChI is InChI=1S/C14H13N3OS/c1-10-6-7-13(15-8-10)16-9-17-11-4-2-3-5-12(11)18-14(17)19/h2-8H,9H2,1H3,(H,15,16)/p+1. The van der Waals surface area contributed by atoms with Gasteiger partial charge < -0.3 is 4.42 Å². The number of anilines is 1. The van der Waals surface area contributed by atoms with Crippen LogP contribution in [-0.4, -0.2) is 4.57 Å². The Labute approximate surface area is 115 Å². The summed E-state index contributed by atoms with van der Waals surface area (Å²) in [4.78, 5) is 3.65. The predicted molar refractivity (Wildman–Crippen MR) is 76.4 cm³/mol. The molecule has 0 saturated heterocycles. The van der Waals surface area contributed by atoms with E-state index in [2.05, 4.69) is 10.3 Å². The SMILES string of the molecule is Cc1ccc(NCn2c(=S)oc3ccccc32)[nH+]c1. The van der Waals surface area contributed by atoms with Crippen molar-refractivity contribution in [2.45, 2.75) is 13.6 Å². The van der Waals surface area contributed by atoms with Crippen LogP contribution in [0.5, 0.6) is 0 Å². The van der Waals surface area contributed by atoms with Gasteiger partial charge in [-0.3, -0.25) is 9.88 Å². The minimum absolute atomic E-state index is 0.473. The van der Waals surface area contributed by atoms with E-state index in [0.717, 1.165) is 16.9 Å². The zero-order valence-electron chi connectivity index (χ0n) is 10.5. The summed E-state index contributed by atoms with van der Waals surface area (Å²) in [6.45, 7) is 2.61. The highest BCUT2D eigenvalue weighted by Gasteiger charge is 2.08. The van der Waals surface area contributed by atoms with E-state index in [1.165, 1.54) is 5.56 Å². The molecule has 1 aromatic carbocycles. The summed E-state index contributed by atoms with van der Waals surface area (Å²) in [6, 6.07) is 11.9. The molecule has 0 amide bonds. The summed E-state index contributed by atoms with van der Waals surface area (Å²) in [5.74, 6) is 0.942. The lowest BCUT2D eigenvalue weighted by molar-refractivity contribution is -0.362. The molecule has 0 unspecified atom stereocenters. The lowest BCUT2D eigenvalue weighted by Crippen LogP contribution is -2.16. The number of fused-ring (bicyclic) bond motifs is 1. The van der Waals surface area contributed by atoms with E-state index in [4.69, 9.17) is 16.6 Å². The maximum Gasteiger partial charge on any atom is 0.273 e. The van der Waals surface area contributed by atoms with Gasteiger partial charge >= 0.3 is 0 Å². The number of oxazole rings is 1. The van der Waals surface area contributed by atoms with Crippen molar-refractivity contribution >= 4 is 29.1 Å². The summed E-state index contributed by atoms with van der Waals surface area (Å²) >= 11 is 5.24. The molecule has 4 nitrogen and oxygen atoms in total. The summed E-state index contributed by atoms with van der Waals surface area (Å²) in [5.41, 5.74) is 2.99. The van der Waals surface area contributed by atoms with Gasteiger partial charge in [-0.1, -0.05) is 12.1 Å². The van der Waals surface area contributed by atoms with Crippen molar-refractivity contribution in [3.63, 3.8) is 0 Å². The normalized spacial score (nSPS) is 10.8. The van der Waals surface area contributed by atoms with Crippen molar-refractivity contribution in [3.05, 3.63) is 53.0 Å². The van der Waals surface area contributed by atoms with Crippen molar-refractivity contribution in [3.8, 4) is 0 Å². The van der Waals surface area contributed by atoms with Crippen LogP contribution in [0.3, 0.4) is 0 Å². The fraction of sp³-hybridized carbons (Fsp3) is 0.143. The zero-order chi connectivity index (χ0) is 13.2. The topological polar surface area (TPSA) is 44.2 Å². The van der Waals surface area contributed by atoms with Crippen molar-refractivity contribution < 1.29 is 9.40 Å². The number of hydrogen-bond acceptors (Lipinski definition) is 3. The van der Waals surface area contributed by atoms with Crippen LogP contribution in [0.25, 0.3) is 11.1 Å². The van der Waals surface area contributed by atoms with E-state index in [9.17, 15) is 0 Å². The third kappa shape index (κ3) is 2.37. The summed E-state index contributed by atoms with van der Waals surface area (Å²) in [6.07, 6.45) is 1.95. The number of H-pyrrole nitrogens is 1. The quantitative estimate of drug-likeness (QED) is 0.745. The van der Waals surface area contributed by atoms with E-state index in [0.29, 0.717) is 11.5 Å². The number of aromatic nitrogens is 2. The largest absolute Gasteiger partial charge is 0.429 e. The van der Waals surface area contributed by atoms with Gasteiger partial charge in [-0.25, -0.2) is 4.98 Å². The van der Waals surface area contributed by atoms with E-state index >= 15 is 0 Å². The van der Waals surface area contributed by atoms with Crippen molar-refractivity contribution in [1.82, 2.24) is 4.57 Å². The first-order valence-electron chi connectivity index (χ1n) is 6.04. The zero-order valence-corrected chi connectivity index (χ0v) is 11.3. The molecule has 2 aromatic heterocycles. The smallest absolute Gasteiger partial charge is 0.273 e. The Balaban J connectivity index is 1.87. The molecule has 0 fully saturated rings. The fourth-order valence-corrected chi connectivity index (χ4v) is 2.19. The van der Waals surface area contributed by atoms with Gasteiger partial charge in [0.2, 0.25) is 0 Å². The number of rotatable bonds is 3. The van der Waals surface area contributed by atoms with Gasteiger partial charge in [0.1, 0.15) is 0 Å². The molecule has 3 rings (SSSR count). The van der Waals surface area contributed by atoms with Gasteiger partial charge in [0.15, 0.2) is 12.3 Å². The van der Waals surface area contributed by atoms with Gasteiger partial charge in [0.25, 0.3) is 10.7 Å². The third-order valence-corrected chi connectivity index (χ3v) is 3.27. The molecule has 0 spiro atoms. The van der Waals surface area contributed by atoms with Crippen LogP contribution in [0.1, 0.15) is 5.56 Å². The number of nitrogens with one attached hydrogen (secondary N) is 2. The minimum atomic E-state index is 0.473. The predicted octanol–water partition coefficient (Wildman–Crippen LogP) is 3.16. The van der Waals surface area contributed by atoms with E-state index in [1.807, 2.05) is 54.1 Å². The Morgan fingerprint density at radius 1 is 1.26 bits per heavy atom. The van der Waals surface area contributed by atoms with Crippen LogP contribution in [0.2, 0.25) is 0 Å². The summed E-state index contributed by atoms with van der Waals surface area (Å²) in [5, 5.41) is 3.29. The highest BCUT2D eigenvalue weighted by Crippen LogP contribution is 2.16. The average Bonchev–Trinajstić information content (AvgIpc) is 2.74. The van der Waals surface area contributed by atoms with Crippen LogP contribution >= 0.6 is 12.2 Å². The number of hydrogen-bond donors (Lipinski definition) is 1. The van der Waals surface area contributed by atoms with Gasteiger partial charge in [0.05, 0.1) is 11.7 Å². The second kappa shape index (κ2) is 4.85. The van der Waals surface area contributed by atoms with Gasteiger partial charge in [-0.2, -0.15) is 0 Å². The fourth-order valence-electron chi connectivity index (χ4n) is 1.94. The van der Waals surface area contributed by atoms with Crippen LogP contribution in [0.4, 0.5) is 5.82 Å². The maximum atomic E-state index is 5.53. The molecular weight excluding hydrogens is 258 g/mol. The molecule has 96 valence electrons. The van der Waals surface area contributed by atoms with Crippen molar-refractivity contribution in [2.24, 2.45) is 0 Å². The number of para-hydroxylation sites is 2. The number of aryl methyl sites for hydroxylation is 1. The van der Waals surface area contributed by atoms with E-state index in [-0.39, 0.29) is 0 Å². The summed E-state index contributed by atoms with van der Waals surface area (Å²) in [7, 11) is 0. The number of pyridine rings is 1. The lowest BCUT2D eigenvalue weighted by Gasteiger charge is -2.01. The Morgan fingerprint density at radius 3 is 2.89 bits per heavy atom. The Hall–Kier alpha value is -2.14. The molecule has 0 bridgehead atoms. The summed E-state index contributed by atoms with van der Waals surface area (Å²) < 4.78 is 7.46. The molecule has 0 atom stereocenters. The van der Waals surface area contributed by atoms with Gasteiger partial charge in [-0.05, 0) is 42.9 Å². The first-order valence-corrected chi connectivity index (χ1v) is 6.45. The number of benzene rings is 1. The van der Waals surface area contributed by atoms with Crippen LogP contribution < -0.4 is 10.3 Å². The van der Waals surface area contributed by atoms with Crippen molar-refractivity contribution in [1.29, 1.82) is 0 Å². The second-order valence-corrected chi connectivity index (χ2v) is 4.73. The maximum absolute atomic E-state index is 5.53. The average molecular weight is 272 g/mol. The van der Waals surface area contributed by atoms with Gasteiger partial charge in [0, 0.05) is 6.07 Å². The Morgan fingerprint density at radius 2 is 2.11 bits per heavy atom. The highest BCUT2D eigenvalue weighted by atomic mass is 32.1. The van der Waals surface area contributed by atoms with Crippen molar-refractivity contribution in [2.75, 3.05) is 5.32 Å². The molecule has 0 radical (unpaired) electrons. The monoisotopic (exact) mass is 272 g/mol. The second-order valence-electron chi connectivity index (χ2n) is 4.38. The minimum Gasteiger partial charge on any atom is -0.429 e. The van der Waals surface area contributed by atoms with Crippen LogP contribution in [-0.2, 0) is 6.67 Å². The van der Waals surface area contributed by atoms with Crippen LogP contribution in [0, 0.1) is 11.8 Å². The molecule has 2 heterocycles. The number of aromatic amines is 1. The highest BCUT2D eigenvalue weighted by molar-refractivity contribution is 7.71. The molecule has 19 heavy (non-hydrogen) atoms. The first kappa shape index (κ1) is 11.9. The molecule has 0 aliphatic rings. The van der Waals surface area contributed by atoms with E-state index in [1.54, 1.807) is 0 Å². The molecule has 0 aliphatic heterocycles. The molecule has 0 aliphatic carbocycles. The molecule has 2 N–H and O–H groups in total. The first-order chi connectivity index (χ1) is 9.24. The molecule has 0 saturated carbocycles. The Kier molecular flexibility index (Phi) is 3.05. The third-order valence-electron chi connectivity index (χ3n) is 2.97.